The van der Waals surface area contributed by atoms with Crippen molar-refractivity contribution in [2.45, 2.75) is 32.2 Å². The summed E-state index contributed by atoms with van der Waals surface area (Å²) in [6, 6.07) is 3.48. The van der Waals surface area contributed by atoms with Crippen molar-refractivity contribution in [1.82, 2.24) is 19.9 Å². The van der Waals surface area contributed by atoms with Crippen LogP contribution in [0.5, 0.6) is 0 Å². The van der Waals surface area contributed by atoms with Gasteiger partial charge in [-0.3, -0.25) is 19.5 Å². The normalized spacial score (nSPS) is 19.7. The zero-order valence-corrected chi connectivity index (χ0v) is 15.4. The molecule has 2 aromatic heterocycles. The van der Waals surface area contributed by atoms with Crippen LogP contribution in [0, 0.1) is 6.92 Å². The van der Waals surface area contributed by atoms with Crippen molar-refractivity contribution in [3.05, 3.63) is 47.2 Å². The van der Waals surface area contributed by atoms with E-state index in [9.17, 15) is 9.59 Å². The molecule has 0 aromatic carbocycles. The summed E-state index contributed by atoms with van der Waals surface area (Å²) >= 11 is 0. The number of guanidine groups is 1. The van der Waals surface area contributed by atoms with Gasteiger partial charge in [-0.2, -0.15) is 0 Å². The largest absolute Gasteiger partial charge is 0.382 e. The van der Waals surface area contributed by atoms with Crippen LogP contribution >= 0.6 is 0 Å². The van der Waals surface area contributed by atoms with Gasteiger partial charge in [-0.15, -0.1) is 0 Å². The number of aliphatic imine (C=N–C) groups is 1. The maximum Gasteiger partial charge on any atom is 0.231 e. The van der Waals surface area contributed by atoms with E-state index in [1.807, 2.05) is 0 Å². The molecule has 9 nitrogen and oxygen atoms in total. The van der Waals surface area contributed by atoms with Crippen LogP contribution in [0.2, 0.25) is 0 Å². The molecule has 1 amide bonds. The number of hydrogen-bond donors (Lipinski definition) is 2. The van der Waals surface area contributed by atoms with Gasteiger partial charge >= 0.3 is 0 Å². The quantitative estimate of drug-likeness (QED) is 0.753. The van der Waals surface area contributed by atoms with Crippen molar-refractivity contribution in [3.63, 3.8) is 0 Å². The van der Waals surface area contributed by atoms with Gasteiger partial charge in [0, 0.05) is 25.9 Å². The van der Waals surface area contributed by atoms with Crippen LogP contribution in [0.15, 0.2) is 29.5 Å². The van der Waals surface area contributed by atoms with E-state index in [-0.39, 0.29) is 42.0 Å². The predicted octanol–water partition coefficient (Wildman–Crippen LogP) is 0.580. The summed E-state index contributed by atoms with van der Waals surface area (Å²) < 4.78 is 0. The molecular weight excluding hydrogens is 346 g/mol. The Morgan fingerprint density at radius 1 is 1.33 bits per heavy atom. The zero-order chi connectivity index (χ0) is 19.8. The summed E-state index contributed by atoms with van der Waals surface area (Å²) in [7, 11) is 1.58. The Kier molecular flexibility index (Phi) is 4.61. The van der Waals surface area contributed by atoms with Gasteiger partial charge in [0.2, 0.25) is 5.91 Å². The number of ketones is 1. The molecule has 1 atom stereocenters. The average molecular weight is 367 g/mol. The van der Waals surface area contributed by atoms with Crippen molar-refractivity contribution < 1.29 is 9.59 Å². The second kappa shape index (κ2) is 6.75. The topological polar surface area (TPSA) is 140 Å². The van der Waals surface area contributed by atoms with Gasteiger partial charge in [0.1, 0.15) is 11.2 Å². The van der Waals surface area contributed by atoms with Gasteiger partial charge < -0.3 is 11.5 Å². The van der Waals surface area contributed by atoms with Gasteiger partial charge in [-0.1, -0.05) is 0 Å². The third-order valence-corrected chi connectivity index (χ3v) is 4.50. The zero-order valence-electron chi connectivity index (χ0n) is 15.4. The molecule has 0 fully saturated rings. The van der Waals surface area contributed by atoms with E-state index >= 15 is 0 Å². The summed E-state index contributed by atoms with van der Waals surface area (Å²) in [6.45, 7) is 3.55. The molecule has 0 spiro atoms. The van der Waals surface area contributed by atoms with E-state index in [2.05, 4.69) is 19.9 Å². The number of amides is 1. The summed E-state index contributed by atoms with van der Waals surface area (Å²) in [6.07, 6.45) is 3.32. The van der Waals surface area contributed by atoms with Crippen LogP contribution in [0.4, 0.5) is 5.82 Å². The first-order chi connectivity index (χ1) is 12.7. The highest BCUT2D eigenvalue weighted by Crippen LogP contribution is 2.32. The number of nitrogens with two attached hydrogens (primary N) is 2. The van der Waals surface area contributed by atoms with Crippen molar-refractivity contribution >= 4 is 23.5 Å². The molecule has 3 heterocycles. The molecule has 27 heavy (non-hydrogen) atoms. The van der Waals surface area contributed by atoms with Crippen LogP contribution in [0.25, 0.3) is 0 Å². The first-order valence-corrected chi connectivity index (χ1v) is 8.39. The van der Waals surface area contributed by atoms with Gasteiger partial charge in [-0.05, 0) is 31.5 Å². The highest BCUT2D eigenvalue weighted by Gasteiger charge is 2.37. The molecule has 4 N–H and O–H groups in total. The third kappa shape index (κ3) is 3.62. The van der Waals surface area contributed by atoms with Crippen molar-refractivity contribution in [2.24, 2.45) is 10.7 Å². The lowest BCUT2D eigenvalue weighted by molar-refractivity contribution is -0.128. The first kappa shape index (κ1) is 18.4. The lowest BCUT2D eigenvalue weighted by Gasteiger charge is -2.32. The molecule has 1 unspecified atom stereocenters. The van der Waals surface area contributed by atoms with Crippen LogP contribution in [-0.2, 0) is 16.8 Å². The smallest absolute Gasteiger partial charge is 0.231 e. The fraction of sp³-hybridized carbons (Fsp3) is 0.333. The fourth-order valence-corrected chi connectivity index (χ4v) is 2.91. The number of nitrogen functional groups attached to an aromatic ring is 1. The second-order valence-electron chi connectivity index (χ2n) is 6.77. The molecule has 0 radical (unpaired) electrons. The Labute approximate surface area is 156 Å². The first-order valence-electron chi connectivity index (χ1n) is 8.39. The number of aromatic nitrogens is 3. The van der Waals surface area contributed by atoms with Crippen molar-refractivity contribution in [1.29, 1.82) is 0 Å². The molecule has 0 bridgehead atoms. The summed E-state index contributed by atoms with van der Waals surface area (Å²) in [4.78, 5) is 42.9. The summed E-state index contributed by atoms with van der Waals surface area (Å²) in [5.41, 5.74) is 12.8. The Morgan fingerprint density at radius 2 is 2.07 bits per heavy atom. The average Bonchev–Trinajstić information content (AvgIpc) is 2.59. The van der Waals surface area contributed by atoms with E-state index in [4.69, 9.17) is 11.5 Å². The van der Waals surface area contributed by atoms with Crippen LogP contribution < -0.4 is 11.5 Å². The minimum Gasteiger partial charge on any atom is -0.382 e. The van der Waals surface area contributed by atoms with Gasteiger partial charge in [0.05, 0.1) is 17.8 Å². The predicted molar refractivity (Wildman–Crippen MR) is 99.8 cm³/mol. The number of pyridine rings is 1. The molecule has 0 saturated carbocycles. The third-order valence-electron chi connectivity index (χ3n) is 4.50. The molecule has 1 aliphatic heterocycles. The number of Topliss-reactive ketones (excluding diaryl/α,β-unsaturated/α-hetero) is 1. The number of aryl methyl sites for hydroxylation is 1. The van der Waals surface area contributed by atoms with E-state index in [1.54, 1.807) is 39.2 Å². The maximum absolute atomic E-state index is 12.5. The van der Waals surface area contributed by atoms with Crippen molar-refractivity contribution in [2.75, 3.05) is 12.8 Å². The number of anilines is 1. The van der Waals surface area contributed by atoms with E-state index in [1.165, 1.54) is 11.1 Å². The highest BCUT2D eigenvalue weighted by atomic mass is 16.2. The van der Waals surface area contributed by atoms with Crippen LogP contribution in [-0.4, -0.2) is 44.5 Å². The molecule has 9 heteroatoms. The lowest BCUT2D eigenvalue weighted by Crippen LogP contribution is -2.47. The van der Waals surface area contributed by atoms with E-state index in [0.717, 1.165) is 0 Å². The summed E-state index contributed by atoms with van der Waals surface area (Å²) in [5, 5.41) is 0. The lowest BCUT2D eigenvalue weighted by atomic mass is 9.90. The Bertz CT molecular complexity index is 956. The van der Waals surface area contributed by atoms with E-state index in [0.29, 0.717) is 17.0 Å². The molecule has 0 aliphatic carbocycles. The molecule has 2 aromatic rings. The molecule has 0 saturated heterocycles. The Balaban J connectivity index is 1.88. The molecule has 1 aliphatic rings. The monoisotopic (exact) mass is 367 g/mol. The number of carbonyl (C=O) groups excluding carboxylic acids is 2. The summed E-state index contributed by atoms with van der Waals surface area (Å²) in [5.74, 6) is -0.139. The fourth-order valence-electron chi connectivity index (χ4n) is 2.91. The molecule has 3 rings (SSSR count). The highest BCUT2D eigenvalue weighted by molar-refractivity contribution is 5.99. The number of hydrogen-bond acceptors (Lipinski definition) is 8. The molecule has 140 valence electrons. The number of rotatable bonds is 4. The molecular formula is C18H21N7O2. The minimum absolute atomic E-state index is 0.0839. The van der Waals surface area contributed by atoms with Gasteiger partial charge in [-0.25, -0.2) is 15.0 Å². The van der Waals surface area contributed by atoms with Crippen molar-refractivity contribution in [3.8, 4) is 0 Å². The minimum atomic E-state index is -0.880. The number of nitrogens with zero attached hydrogens (tertiary/aromatic N) is 5. The van der Waals surface area contributed by atoms with Gasteiger partial charge in [0.15, 0.2) is 17.6 Å². The van der Waals surface area contributed by atoms with E-state index < -0.39 is 5.54 Å². The second-order valence-corrected chi connectivity index (χ2v) is 6.77. The Morgan fingerprint density at radius 3 is 2.74 bits per heavy atom. The number of carbonyl (C=O) groups is 2. The maximum atomic E-state index is 12.5. The Hall–Kier alpha value is -3.36. The van der Waals surface area contributed by atoms with Crippen LogP contribution in [0.1, 0.15) is 40.8 Å². The van der Waals surface area contributed by atoms with Crippen LogP contribution in [0.3, 0.4) is 0 Å². The standard InChI is InChI=1S/C18H21N7O2/c1-10-9-22-15(16(19)23-10)12(26)6-11-4-5-21-13(7-11)18(2)8-14(27)25(3)17(20)24-18/h4-5,7,9H,6,8H2,1-3H3,(H2,19,23)(H2,20,24). The van der Waals surface area contributed by atoms with Gasteiger partial charge in [0.25, 0.3) is 0 Å². The SMILES string of the molecule is Cc1cnc(C(=O)Cc2ccnc(C3(C)CC(=O)N(C)C(N)=N3)c2)c(N)n1.